The van der Waals surface area contributed by atoms with Gasteiger partial charge in [0.2, 0.25) is 0 Å². The van der Waals surface area contributed by atoms with Crippen molar-refractivity contribution < 1.29 is 30.0 Å². The van der Waals surface area contributed by atoms with E-state index in [2.05, 4.69) is 5.32 Å². The minimum atomic E-state index is -1.15. The molecule has 112 valence electrons. The van der Waals surface area contributed by atoms with Crippen molar-refractivity contribution in [2.24, 2.45) is 0 Å². The Morgan fingerprint density at radius 2 is 1.60 bits per heavy atom. The Bertz CT molecular complexity index is 393. The van der Waals surface area contributed by atoms with E-state index in [1.54, 1.807) is 0 Å². The van der Waals surface area contributed by atoms with Gasteiger partial charge in [-0.25, -0.2) is 0 Å². The molecule has 5 N–H and O–H groups in total. The van der Waals surface area contributed by atoms with Gasteiger partial charge in [0, 0.05) is 6.54 Å². The van der Waals surface area contributed by atoms with Crippen LogP contribution in [0.1, 0.15) is 12.0 Å². The van der Waals surface area contributed by atoms with Gasteiger partial charge >= 0.3 is 11.9 Å². The normalized spacial score (nSPS) is 11.1. The third kappa shape index (κ3) is 9.03. The summed E-state index contributed by atoms with van der Waals surface area (Å²) in [5, 5.41) is 35.2. The predicted molar refractivity (Wildman–Crippen MR) is 71.1 cm³/mol. The third-order valence-electron chi connectivity index (χ3n) is 2.17. The molecule has 0 spiro atoms. The van der Waals surface area contributed by atoms with Gasteiger partial charge in [-0.3, -0.25) is 14.9 Å². The highest BCUT2D eigenvalue weighted by Gasteiger charge is 2.19. The van der Waals surface area contributed by atoms with Gasteiger partial charge < -0.3 is 20.4 Å². The highest BCUT2D eigenvalue weighted by atomic mass is 16.4. The Kier molecular flexibility index (Phi) is 9.85. The lowest BCUT2D eigenvalue weighted by Crippen LogP contribution is -2.38. The van der Waals surface area contributed by atoms with E-state index >= 15 is 0 Å². The zero-order chi connectivity index (χ0) is 15.4. The number of carboxylic acid groups (broad SMARTS) is 2. The first kappa shape index (κ1) is 18.0. The van der Waals surface area contributed by atoms with Gasteiger partial charge in [0.15, 0.2) is 0 Å². The Hall–Kier alpha value is -1.96. The van der Waals surface area contributed by atoms with Crippen LogP contribution in [0.2, 0.25) is 0 Å². The smallest absolute Gasteiger partial charge is 0.321 e. The number of aliphatic hydroxyl groups excluding tert-OH is 2. The number of hydrogen-bond acceptors (Lipinski definition) is 5. The molecule has 1 atom stereocenters. The summed E-state index contributed by atoms with van der Waals surface area (Å²) in [7, 11) is 0. The zero-order valence-corrected chi connectivity index (χ0v) is 10.9. The summed E-state index contributed by atoms with van der Waals surface area (Å²) < 4.78 is 0. The molecule has 7 heteroatoms. The summed E-state index contributed by atoms with van der Waals surface area (Å²) >= 11 is 0. The standard InChI is InChI=1S/C11H13NO4.C2H6O2/c13-10(14)6-9(11(15)16)12-7-8-4-2-1-3-5-8;3-1-2-4/h1-5,9,12H,6-7H2,(H,13,14)(H,15,16);3-4H,1-2H2. The van der Waals surface area contributed by atoms with Crippen LogP contribution in [0.15, 0.2) is 30.3 Å². The first-order valence-electron chi connectivity index (χ1n) is 5.94. The molecule has 0 aliphatic carbocycles. The van der Waals surface area contributed by atoms with Crippen molar-refractivity contribution in [3.05, 3.63) is 35.9 Å². The fourth-order valence-electron chi connectivity index (χ4n) is 1.26. The molecule has 0 radical (unpaired) electrons. The lowest BCUT2D eigenvalue weighted by atomic mass is 10.1. The van der Waals surface area contributed by atoms with E-state index in [1.807, 2.05) is 30.3 Å². The number of hydrogen-bond donors (Lipinski definition) is 5. The summed E-state index contributed by atoms with van der Waals surface area (Å²) in [6.07, 6.45) is -0.428. The van der Waals surface area contributed by atoms with Gasteiger partial charge in [-0.05, 0) is 5.56 Å². The fraction of sp³-hybridized carbons (Fsp3) is 0.385. The van der Waals surface area contributed by atoms with Crippen molar-refractivity contribution in [1.29, 1.82) is 0 Å². The molecule has 0 aliphatic rings. The Balaban J connectivity index is 0.000000796. The predicted octanol–water partition coefficient (Wildman–Crippen LogP) is -0.325. The Morgan fingerprint density at radius 1 is 1.05 bits per heavy atom. The quantitative estimate of drug-likeness (QED) is 0.464. The summed E-state index contributed by atoms with van der Waals surface area (Å²) in [5.74, 6) is -2.29. The maximum Gasteiger partial charge on any atom is 0.321 e. The Morgan fingerprint density at radius 3 is 2.00 bits per heavy atom. The SMILES string of the molecule is O=C(O)CC(NCc1ccccc1)C(=O)O.OCCO. The van der Waals surface area contributed by atoms with Gasteiger partial charge in [-0.1, -0.05) is 30.3 Å². The van der Waals surface area contributed by atoms with Crippen molar-refractivity contribution in [3.63, 3.8) is 0 Å². The van der Waals surface area contributed by atoms with E-state index < -0.39 is 24.4 Å². The number of carboxylic acids is 2. The number of rotatable bonds is 7. The highest BCUT2D eigenvalue weighted by Crippen LogP contribution is 2.00. The van der Waals surface area contributed by atoms with Gasteiger partial charge in [0.25, 0.3) is 0 Å². The topological polar surface area (TPSA) is 127 Å². The van der Waals surface area contributed by atoms with E-state index in [9.17, 15) is 9.59 Å². The molecule has 0 saturated carbocycles. The largest absolute Gasteiger partial charge is 0.481 e. The first-order chi connectivity index (χ1) is 9.51. The lowest BCUT2D eigenvalue weighted by molar-refractivity contribution is -0.146. The van der Waals surface area contributed by atoms with Crippen LogP contribution in [0.3, 0.4) is 0 Å². The molecule has 1 aromatic carbocycles. The molecule has 1 aromatic rings. The fourth-order valence-corrected chi connectivity index (χ4v) is 1.26. The van der Waals surface area contributed by atoms with E-state index in [4.69, 9.17) is 20.4 Å². The minimum absolute atomic E-state index is 0.125. The monoisotopic (exact) mass is 285 g/mol. The molecule has 0 saturated heterocycles. The van der Waals surface area contributed by atoms with E-state index in [0.717, 1.165) is 5.56 Å². The molecular weight excluding hydrogens is 266 g/mol. The van der Waals surface area contributed by atoms with Crippen molar-refractivity contribution >= 4 is 11.9 Å². The molecule has 0 fully saturated rings. The second-order valence-corrected chi connectivity index (χ2v) is 3.80. The molecule has 1 unspecified atom stereocenters. The molecule has 7 nitrogen and oxygen atoms in total. The van der Waals surface area contributed by atoms with Crippen LogP contribution in [0.4, 0.5) is 0 Å². The summed E-state index contributed by atoms with van der Waals surface area (Å²) in [6.45, 7) is 0.0884. The van der Waals surface area contributed by atoms with Crippen LogP contribution in [-0.4, -0.2) is 51.6 Å². The Labute approximate surface area is 116 Å². The summed E-state index contributed by atoms with van der Waals surface area (Å²) in [6, 6.07) is 8.15. The molecule has 20 heavy (non-hydrogen) atoms. The number of nitrogens with one attached hydrogen (secondary N) is 1. The maximum atomic E-state index is 10.7. The number of carbonyl (C=O) groups is 2. The number of aliphatic carboxylic acids is 2. The van der Waals surface area contributed by atoms with Crippen LogP contribution in [0.5, 0.6) is 0 Å². The third-order valence-corrected chi connectivity index (χ3v) is 2.17. The second kappa shape index (κ2) is 10.9. The van der Waals surface area contributed by atoms with Gasteiger partial charge in [-0.15, -0.1) is 0 Å². The first-order valence-corrected chi connectivity index (χ1v) is 5.94. The molecule has 0 bridgehead atoms. The van der Waals surface area contributed by atoms with Crippen molar-refractivity contribution in [2.75, 3.05) is 13.2 Å². The summed E-state index contributed by atoms with van der Waals surface area (Å²) in [4.78, 5) is 21.2. The molecule has 0 heterocycles. The molecule has 0 aromatic heterocycles. The van der Waals surface area contributed by atoms with Crippen LogP contribution in [0.25, 0.3) is 0 Å². The molecule has 1 rings (SSSR count). The van der Waals surface area contributed by atoms with E-state index in [1.165, 1.54) is 0 Å². The molecule has 0 amide bonds. The molecule has 0 aliphatic heterocycles. The van der Waals surface area contributed by atoms with Crippen LogP contribution in [-0.2, 0) is 16.1 Å². The second-order valence-electron chi connectivity index (χ2n) is 3.80. The lowest BCUT2D eigenvalue weighted by Gasteiger charge is -2.11. The molecular formula is C13H19NO6. The van der Waals surface area contributed by atoms with Crippen LogP contribution < -0.4 is 5.32 Å². The summed E-state index contributed by atoms with van der Waals surface area (Å²) in [5.41, 5.74) is 0.916. The zero-order valence-electron chi connectivity index (χ0n) is 10.9. The maximum absolute atomic E-state index is 10.7. The number of aliphatic hydroxyl groups is 2. The highest BCUT2D eigenvalue weighted by molar-refractivity contribution is 5.80. The van der Waals surface area contributed by atoms with E-state index in [-0.39, 0.29) is 13.2 Å². The van der Waals surface area contributed by atoms with Crippen molar-refractivity contribution in [2.45, 2.75) is 19.0 Å². The van der Waals surface area contributed by atoms with Crippen molar-refractivity contribution in [1.82, 2.24) is 5.32 Å². The average molecular weight is 285 g/mol. The van der Waals surface area contributed by atoms with Gasteiger partial charge in [0.05, 0.1) is 19.6 Å². The minimum Gasteiger partial charge on any atom is -0.481 e. The van der Waals surface area contributed by atoms with Gasteiger partial charge in [0.1, 0.15) is 6.04 Å². The van der Waals surface area contributed by atoms with E-state index in [0.29, 0.717) is 6.54 Å². The number of benzene rings is 1. The van der Waals surface area contributed by atoms with Gasteiger partial charge in [-0.2, -0.15) is 0 Å². The van der Waals surface area contributed by atoms with Crippen LogP contribution >= 0.6 is 0 Å². The van der Waals surface area contributed by atoms with Crippen molar-refractivity contribution in [3.8, 4) is 0 Å². The average Bonchev–Trinajstić information content (AvgIpc) is 2.44. The van der Waals surface area contributed by atoms with Crippen LogP contribution in [0, 0.1) is 0 Å².